The van der Waals surface area contributed by atoms with Crippen LogP contribution in [0.4, 0.5) is 0 Å². The van der Waals surface area contributed by atoms with Gasteiger partial charge >= 0.3 is 54.1 Å². The Balaban J connectivity index is 2.95. The molecule has 0 aliphatic carbocycles. The molecule has 0 aliphatic rings. The topological polar surface area (TPSA) is 0 Å². The first-order valence-corrected chi connectivity index (χ1v) is 9.68. The Labute approximate surface area is 54.3 Å². The summed E-state index contributed by atoms with van der Waals surface area (Å²) in [5.41, 5.74) is 0. The Hall–Kier alpha value is 0.818. The van der Waals surface area contributed by atoms with Crippen LogP contribution in [0.3, 0.4) is 0 Å². The molecule has 0 aromatic rings. The van der Waals surface area contributed by atoms with Gasteiger partial charge in [-0.3, -0.25) is 0 Å². The fourth-order valence-electron chi connectivity index (χ4n) is 0.730. The first-order chi connectivity index (χ1) is 3.13. The SMILES string of the molecule is CC(C)[CH2][Sb]([CH3])[CH3]. The Morgan fingerprint density at radius 3 is 1.71 bits per heavy atom. The molecule has 0 amide bonds. The Morgan fingerprint density at radius 2 is 1.71 bits per heavy atom. The zero-order valence-corrected chi connectivity index (χ0v) is 8.28. The van der Waals surface area contributed by atoms with Gasteiger partial charge in [0.15, 0.2) is 0 Å². The van der Waals surface area contributed by atoms with Gasteiger partial charge < -0.3 is 0 Å². The average Bonchev–Trinajstić information content (AvgIpc) is 1.27. The first kappa shape index (κ1) is 7.82. The molecule has 0 nitrogen and oxygen atoms in total. The molecule has 0 bridgehead atoms. The first-order valence-electron chi connectivity index (χ1n) is 2.77. The fourth-order valence-corrected chi connectivity index (χ4v) is 4.90. The third-order valence-electron chi connectivity index (χ3n) is 0.730. The van der Waals surface area contributed by atoms with E-state index in [1.807, 2.05) is 0 Å². The summed E-state index contributed by atoms with van der Waals surface area (Å²) in [7, 11) is 0. The van der Waals surface area contributed by atoms with E-state index in [2.05, 4.69) is 23.6 Å². The van der Waals surface area contributed by atoms with Gasteiger partial charge in [0, 0.05) is 0 Å². The summed E-state index contributed by atoms with van der Waals surface area (Å²) in [4.78, 5) is 4.89. The van der Waals surface area contributed by atoms with Gasteiger partial charge in [0.1, 0.15) is 0 Å². The summed E-state index contributed by atoms with van der Waals surface area (Å²) in [6, 6.07) is 0. The van der Waals surface area contributed by atoms with E-state index in [1.54, 1.807) is 4.37 Å². The summed E-state index contributed by atoms with van der Waals surface area (Å²) in [6.45, 7) is 4.62. The number of hydrogen-bond acceptors (Lipinski definition) is 0. The van der Waals surface area contributed by atoms with Crippen LogP contribution in [-0.4, -0.2) is 20.2 Å². The van der Waals surface area contributed by atoms with Crippen molar-refractivity contribution in [2.45, 2.75) is 28.0 Å². The Morgan fingerprint density at radius 1 is 1.29 bits per heavy atom. The fraction of sp³-hybridized carbons (Fsp3) is 1.00. The molecule has 0 aromatic heterocycles. The second kappa shape index (κ2) is 3.78. The van der Waals surface area contributed by atoms with Crippen LogP contribution in [0.25, 0.3) is 0 Å². The second-order valence-electron chi connectivity index (χ2n) is 2.66. The molecule has 0 saturated carbocycles. The molecule has 0 saturated heterocycles. The number of rotatable bonds is 2. The van der Waals surface area contributed by atoms with Gasteiger partial charge in [-0.2, -0.15) is 0 Å². The van der Waals surface area contributed by atoms with Crippen molar-refractivity contribution < 1.29 is 0 Å². The van der Waals surface area contributed by atoms with E-state index in [0.717, 1.165) is 5.92 Å². The van der Waals surface area contributed by atoms with Crippen LogP contribution in [0.15, 0.2) is 0 Å². The van der Waals surface area contributed by atoms with Crippen LogP contribution in [0.2, 0.25) is 14.1 Å². The maximum absolute atomic E-state index is 2.45. The minimum absolute atomic E-state index is 0.581. The van der Waals surface area contributed by atoms with Crippen LogP contribution in [0, 0.1) is 5.92 Å². The molecule has 0 heterocycles. The summed E-state index contributed by atoms with van der Waals surface area (Å²) >= 11 is -0.581. The van der Waals surface area contributed by atoms with Crippen molar-refractivity contribution in [3.8, 4) is 0 Å². The zero-order valence-electron chi connectivity index (χ0n) is 5.73. The monoisotopic (exact) mass is 208 g/mol. The van der Waals surface area contributed by atoms with Gasteiger partial charge in [-0.1, -0.05) is 0 Å². The van der Waals surface area contributed by atoms with Crippen LogP contribution < -0.4 is 0 Å². The van der Waals surface area contributed by atoms with Crippen molar-refractivity contribution in [2.75, 3.05) is 0 Å². The predicted molar refractivity (Wildman–Crippen MR) is 37.1 cm³/mol. The van der Waals surface area contributed by atoms with Crippen LogP contribution in [0.5, 0.6) is 0 Å². The summed E-state index contributed by atoms with van der Waals surface area (Å²) in [6.07, 6.45) is 0. The summed E-state index contributed by atoms with van der Waals surface area (Å²) < 4.78 is 1.54. The number of hydrogen-bond donors (Lipinski definition) is 0. The van der Waals surface area contributed by atoms with Gasteiger partial charge in [0.2, 0.25) is 0 Å². The third-order valence-corrected chi connectivity index (χ3v) is 4.90. The molecule has 1 heteroatoms. The van der Waals surface area contributed by atoms with E-state index in [9.17, 15) is 0 Å². The molecule has 0 spiro atoms. The summed E-state index contributed by atoms with van der Waals surface area (Å²) in [5, 5.41) is 0. The van der Waals surface area contributed by atoms with Gasteiger partial charge in [-0.05, 0) is 0 Å². The van der Waals surface area contributed by atoms with E-state index < -0.39 is 20.2 Å². The minimum atomic E-state index is -0.581. The Bertz CT molecular complexity index is 33.4. The van der Waals surface area contributed by atoms with Crippen molar-refractivity contribution in [3.63, 3.8) is 0 Å². The van der Waals surface area contributed by atoms with E-state index in [1.165, 1.54) is 0 Å². The van der Waals surface area contributed by atoms with Crippen LogP contribution in [0.1, 0.15) is 13.8 Å². The van der Waals surface area contributed by atoms with E-state index >= 15 is 0 Å². The van der Waals surface area contributed by atoms with E-state index in [-0.39, 0.29) is 0 Å². The normalized spacial score (nSPS) is 11.1. The van der Waals surface area contributed by atoms with Crippen molar-refractivity contribution in [2.24, 2.45) is 5.92 Å². The quantitative estimate of drug-likeness (QED) is 0.612. The molecule has 0 aromatic carbocycles. The van der Waals surface area contributed by atoms with Gasteiger partial charge in [0.05, 0.1) is 0 Å². The van der Waals surface area contributed by atoms with Gasteiger partial charge in [0.25, 0.3) is 0 Å². The predicted octanol–water partition coefficient (Wildman–Crippen LogP) is 2.40. The Kier molecular flexibility index (Phi) is 4.22. The van der Waals surface area contributed by atoms with Crippen LogP contribution >= 0.6 is 0 Å². The van der Waals surface area contributed by atoms with Crippen LogP contribution in [-0.2, 0) is 0 Å². The molecule has 0 atom stereocenters. The molecule has 0 aliphatic heterocycles. The molecule has 0 radical (unpaired) electrons. The average molecular weight is 209 g/mol. The zero-order chi connectivity index (χ0) is 5.86. The second-order valence-corrected chi connectivity index (χ2v) is 9.86. The molecule has 0 fully saturated rings. The maximum atomic E-state index is 2.45. The molecular weight excluding hydrogens is 194 g/mol. The molecule has 0 N–H and O–H groups in total. The van der Waals surface area contributed by atoms with Crippen molar-refractivity contribution in [1.29, 1.82) is 0 Å². The van der Waals surface area contributed by atoms with Gasteiger partial charge in [-0.25, -0.2) is 0 Å². The third kappa shape index (κ3) is 6.82. The van der Waals surface area contributed by atoms with E-state index in [0.29, 0.717) is 0 Å². The summed E-state index contributed by atoms with van der Waals surface area (Å²) in [5.74, 6) is 0.956. The van der Waals surface area contributed by atoms with E-state index in [4.69, 9.17) is 0 Å². The molecule has 0 rings (SSSR count). The van der Waals surface area contributed by atoms with Crippen molar-refractivity contribution in [1.82, 2.24) is 0 Å². The molecule has 0 unspecified atom stereocenters. The standard InChI is InChI=1S/C4H9.2CH3.Sb/c1-4(2)3;;;/h4H,1H2,2-3H3;2*1H3;. The van der Waals surface area contributed by atoms with Crippen molar-refractivity contribution in [3.05, 3.63) is 0 Å². The van der Waals surface area contributed by atoms with Gasteiger partial charge in [-0.15, -0.1) is 0 Å². The molecule has 7 heavy (non-hydrogen) atoms. The molecule has 44 valence electrons. The van der Waals surface area contributed by atoms with Crippen molar-refractivity contribution >= 4 is 20.2 Å². The molecular formula is C6H15Sb.